The molecule has 3 aliphatic rings. The zero-order chi connectivity index (χ0) is 68.2. The smallest absolute Gasteiger partial charge is 0.308 e. The summed E-state index contributed by atoms with van der Waals surface area (Å²) in [6.07, 6.45) is 10.4. The molecule has 32 nitrogen and oxygen atoms in total. The Morgan fingerprint density at radius 2 is 1.14 bits per heavy atom. The number of amides is 12. The van der Waals surface area contributed by atoms with E-state index in [4.69, 9.17) is 11.5 Å². The van der Waals surface area contributed by atoms with Crippen LogP contribution in [0, 0.1) is 17.8 Å². The van der Waals surface area contributed by atoms with Crippen molar-refractivity contribution in [1.29, 1.82) is 0 Å². The summed E-state index contributed by atoms with van der Waals surface area (Å²) in [5.41, 5.74) is 12.2. The third kappa shape index (κ3) is 25.1. The van der Waals surface area contributed by atoms with Crippen LogP contribution in [0.1, 0.15) is 151 Å². The second kappa shape index (κ2) is 38.4. The number of nitrogens with zero attached hydrogens (tertiary/aromatic N) is 2. The summed E-state index contributed by atoms with van der Waals surface area (Å²) in [6.45, 7) is 8.64. The van der Waals surface area contributed by atoms with Crippen LogP contribution in [-0.2, 0) is 71.9 Å². The van der Waals surface area contributed by atoms with Gasteiger partial charge in [0.2, 0.25) is 70.9 Å². The Morgan fingerprint density at radius 3 is 1.71 bits per heavy atom. The van der Waals surface area contributed by atoms with Crippen molar-refractivity contribution in [2.75, 3.05) is 32.7 Å². The lowest BCUT2D eigenvalue weighted by Gasteiger charge is -2.39. The van der Waals surface area contributed by atoms with E-state index < -0.39 is 200 Å². The van der Waals surface area contributed by atoms with Crippen LogP contribution < -0.4 is 64.6 Å². The molecule has 0 aromatic rings. The highest BCUT2D eigenvalue weighted by Crippen LogP contribution is 2.24. The SMILES string of the molecule is CCC(C)CCCCCCC/C=C/CC(=O)NC(CN)C(=O)NC1C(=O)N2CCCCC2C(=O)NC(C(C)C(=O)O)C(=O)NC(CC(=O)O)C(=O)NCC(=O)NC(CC(=O)O)C(=O)NCC(=O)NC(C(C)N)C(=O)NC(C(C)C)C(=O)N2CCCC2C(=O)NC1C. The summed E-state index contributed by atoms with van der Waals surface area (Å²) in [6, 6.07) is -17.6. The number of nitrogens with one attached hydrogen (secondary N) is 10. The molecule has 3 fully saturated rings. The third-order valence-corrected chi connectivity index (χ3v) is 16.2. The first-order valence-corrected chi connectivity index (χ1v) is 31.3. The summed E-state index contributed by atoms with van der Waals surface area (Å²) in [4.78, 5) is 206. The van der Waals surface area contributed by atoms with Crippen molar-refractivity contribution in [3.8, 4) is 0 Å². The van der Waals surface area contributed by atoms with Crippen molar-refractivity contribution in [1.82, 2.24) is 63.0 Å². The molecule has 0 aliphatic carbocycles. The Balaban J connectivity index is 2.11. The number of hydrogen-bond acceptors (Lipinski definition) is 17. The monoisotopic (exact) mass is 1290 g/mol. The minimum Gasteiger partial charge on any atom is -0.481 e. The van der Waals surface area contributed by atoms with E-state index in [2.05, 4.69) is 61.7 Å². The number of carboxylic acid groups (broad SMARTS) is 3. The van der Waals surface area contributed by atoms with E-state index in [-0.39, 0.29) is 51.6 Å². The number of carboxylic acids is 3. The fraction of sp³-hybridized carbons (Fsp3) is 0.712. The first kappa shape index (κ1) is 77.0. The van der Waals surface area contributed by atoms with Crippen molar-refractivity contribution < 1.29 is 87.2 Å². The van der Waals surface area contributed by atoms with Gasteiger partial charge in [-0.2, -0.15) is 0 Å². The van der Waals surface area contributed by atoms with Gasteiger partial charge in [0.15, 0.2) is 0 Å². The van der Waals surface area contributed by atoms with Gasteiger partial charge in [0.25, 0.3) is 0 Å². The summed E-state index contributed by atoms with van der Waals surface area (Å²) in [7, 11) is 0. The third-order valence-electron chi connectivity index (χ3n) is 16.2. The largest absolute Gasteiger partial charge is 0.481 e. The molecule has 32 heteroatoms. The average Bonchev–Trinajstić information content (AvgIpc) is 1.91. The van der Waals surface area contributed by atoms with Gasteiger partial charge < -0.3 is 89.8 Å². The fourth-order valence-corrected chi connectivity index (χ4v) is 10.6. The lowest BCUT2D eigenvalue weighted by atomic mass is 9.96. The van der Waals surface area contributed by atoms with Crippen molar-refractivity contribution in [3.63, 3.8) is 0 Å². The van der Waals surface area contributed by atoms with Crippen LogP contribution in [0.2, 0.25) is 0 Å². The number of rotatable bonds is 23. The molecule has 12 amide bonds. The summed E-state index contributed by atoms with van der Waals surface area (Å²) in [5.74, 6) is -19.3. The number of aliphatic carboxylic acids is 3. The van der Waals surface area contributed by atoms with Crippen LogP contribution in [-0.4, -0.2) is 213 Å². The quantitative estimate of drug-likeness (QED) is 0.0355. The number of nitrogens with two attached hydrogens (primary N) is 2. The van der Waals surface area contributed by atoms with Gasteiger partial charge in [0.05, 0.1) is 37.9 Å². The molecule has 0 saturated carbocycles. The lowest BCUT2D eigenvalue weighted by molar-refractivity contribution is -0.149. The minimum atomic E-state index is -2.10. The summed E-state index contributed by atoms with van der Waals surface area (Å²) < 4.78 is 0. The van der Waals surface area contributed by atoms with E-state index in [1.54, 1.807) is 19.9 Å². The van der Waals surface area contributed by atoms with E-state index >= 15 is 4.79 Å². The Morgan fingerprint density at radius 1 is 0.615 bits per heavy atom. The molecule has 3 saturated heterocycles. The van der Waals surface area contributed by atoms with Gasteiger partial charge in [-0.3, -0.25) is 71.9 Å². The van der Waals surface area contributed by atoms with Crippen molar-refractivity contribution in [3.05, 3.63) is 12.2 Å². The predicted octanol–water partition coefficient (Wildman–Crippen LogP) is -3.14. The molecule has 0 bridgehead atoms. The van der Waals surface area contributed by atoms with Gasteiger partial charge in [0.1, 0.15) is 54.4 Å². The van der Waals surface area contributed by atoms with E-state index in [1.165, 1.54) is 31.6 Å². The van der Waals surface area contributed by atoms with Crippen LogP contribution in [0.15, 0.2) is 12.2 Å². The molecule has 0 aromatic carbocycles. The van der Waals surface area contributed by atoms with Gasteiger partial charge in [0, 0.05) is 32.1 Å². The molecule has 13 unspecified atom stereocenters. The molecule has 3 rings (SSSR count). The molecule has 3 heterocycles. The number of allylic oxidation sites excluding steroid dienone is 1. The molecular formula is C59H96N14O18. The number of carbonyl (C=O) groups is 15. The first-order chi connectivity index (χ1) is 42.9. The molecule has 17 N–H and O–H groups in total. The fourth-order valence-electron chi connectivity index (χ4n) is 10.6. The van der Waals surface area contributed by atoms with E-state index in [0.717, 1.165) is 50.3 Å². The average molecular weight is 1290 g/mol. The van der Waals surface area contributed by atoms with E-state index in [0.29, 0.717) is 5.92 Å². The molecule has 13 atom stereocenters. The maximum atomic E-state index is 15.2. The van der Waals surface area contributed by atoms with Crippen LogP contribution in [0.4, 0.5) is 0 Å². The Bertz CT molecular complexity index is 2640. The summed E-state index contributed by atoms with van der Waals surface area (Å²) in [5, 5.41) is 52.9. The zero-order valence-corrected chi connectivity index (χ0v) is 53.1. The second-order valence-corrected chi connectivity index (χ2v) is 24.0. The van der Waals surface area contributed by atoms with Crippen molar-refractivity contribution >= 4 is 88.8 Å². The molecule has 3 aliphatic heterocycles. The predicted molar refractivity (Wildman–Crippen MR) is 326 cm³/mol. The van der Waals surface area contributed by atoms with Gasteiger partial charge in [-0.25, -0.2) is 0 Å². The van der Waals surface area contributed by atoms with Crippen LogP contribution >= 0.6 is 0 Å². The summed E-state index contributed by atoms with van der Waals surface area (Å²) >= 11 is 0. The second-order valence-electron chi connectivity index (χ2n) is 24.0. The highest BCUT2D eigenvalue weighted by Gasteiger charge is 2.45. The maximum absolute atomic E-state index is 15.2. The van der Waals surface area contributed by atoms with Crippen LogP contribution in [0.5, 0.6) is 0 Å². The van der Waals surface area contributed by atoms with Gasteiger partial charge in [-0.05, 0) is 77.6 Å². The molecule has 0 aromatic heterocycles. The molecule has 510 valence electrons. The molecule has 91 heavy (non-hydrogen) atoms. The van der Waals surface area contributed by atoms with Gasteiger partial charge in [-0.15, -0.1) is 0 Å². The van der Waals surface area contributed by atoms with Crippen molar-refractivity contribution in [2.45, 2.75) is 218 Å². The molecular weight excluding hydrogens is 1190 g/mol. The Hall–Kier alpha value is -8.29. The first-order valence-electron chi connectivity index (χ1n) is 31.3. The highest BCUT2D eigenvalue weighted by atomic mass is 16.4. The number of fused-ring (bicyclic) bond motifs is 2. The Kier molecular flexibility index (Phi) is 32.5. The highest BCUT2D eigenvalue weighted by molar-refractivity contribution is 6.01. The normalized spacial score (nSPS) is 25.7. The lowest BCUT2D eigenvalue weighted by Crippen LogP contribution is -2.66. The van der Waals surface area contributed by atoms with Crippen LogP contribution in [0.3, 0.4) is 0 Å². The number of carbonyl (C=O) groups excluding carboxylic acids is 12. The standard InChI is InChI=1S/C59H96N14O18/c1-8-32(4)20-15-13-11-9-10-12-14-16-23-41(74)66-38(28-60)52(83)71-49-35(7)64-53(84)40-22-19-25-73(40)57(88)46(31(2)3)69-56(87)48(34(6)61)68-43(76)30-63-50(81)36(26-44(77)78)65-42(75)29-62-51(82)37(27-45(79)80)67-55(86)47(33(5)59(90)91)70-54(85)39-21-17-18-24-72(39)58(49)89/h14,16,31-40,46-49H,8-13,15,17-30,60-61H2,1-7H3,(H,62,82)(H,63,81)(H,64,84)(H,65,75)(H,66,74)(H,67,86)(H,68,76)(H,69,87)(H,70,85)(H,71,83)(H,77,78)(H,79,80)(H,90,91)/b16-14+. The van der Waals surface area contributed by atoms with E-state index in [9.17, 15) is 82.4 Å². The van der Waals surface area contributed by atoms with Gasteiger partial charge in [-0.1, -0.05) is 78.4 Å². The Labute approximate surface area is 529 Å². The molecule has 0 spiro atoms. The number of hydrogen-bond donors (Lipinski definition) is 15. The maximum Gasteiger partial charge on any atom is 0.308 e. The number of piperidine rings is 1. The van der Waals surface area contributed by atoms with Crippen molar-refractivity contribution in [2.24, 2.45) is 29.2 Å². The topological polar surface area (TPSA) is 496 Å². The zero-order valence-electron chi connectivity index (χ0n) is 53.1. The minimum absolute atomic E-state index is 0.00276. The van der Waals surface area contributed by atoms with Crippen LogP contribution in [0.25, 0.3) is 0 Å². The van der Waals surface area contributed by atoms with Gasteiger partial charge >= 0.3 is 17.9 Å². The number of unbranched alkanes of at least 4 members (excludes halogenated alkanes) is 5. The molecule has 0 radical (unpaired) electrons. The van der Waals surface area contributed by atoms with E-state index in [1.807, 2.05) is 11.4 Å².